The number of anilines is 1. The number of carbonyl (C=O) groups is 1. The number of aromatic nitrogens is 3. The van der Waals surface area contributed by atoms with Crippen LogP contribution in [0.2, 0.25) is 5.02 Å². The molecule has 27 heavy (non-hydrogen) atoms. The molecule has 1 amide bonds. The van der Waals surface area contributed by atoms with E-state index in [2.05, 4.69) is 15.5 Å². The Bertz CT molecular complexity index is 976. The van der Waals surface area contributed by atoms with Crippen LogP contribution in [0.15, 0.2) is 47.6 Å². The summed E-state index contributed by atoms with van der Waals surface area (Å²) < 4.78 is 15.5. The fourth-order valence-electron chi connectivity index (χ4n) is 2.50. The molecule has 8 heteroatoms. The molecule has 0 fully saturated rings. The summed E-state index contributed by atoms with van der Waals surface area (Å²) in [7, 11) is 0. The number of nitrogens with zero attached hydrogens (tertiary/aromatic N) is 3. The van der Waals surface area contributed by atoms with Gasteiger partial charge in [0, 0.05) is 17.1 Å². The van der Waals surface area contributed by atoms with Crippen LogP contribution in [0, 0.1) is 12.7 Å². The lowest BCUT2D eigenvalue weighted by molar-refractivity contribution is -0.113. The highest BCUT2D eigenvalue weighted by Crippen LogP contribution is 2.27. The second kappa shape index (κ2) is 8.54. The highest BCUT2D eigenvalue weighted by Gasteiger charge is 2.15. The molecule has 0 aliphatic carbocycles. The van der Waals surface area contributed by atoms with E-state index in [-0.39, 0.29) is 17.3 Å². The molecule has 3 rings (SSSR count). The van der Waals surface area contributed by atoms with Gasteiger partial charge >= 0.3 is 0 Å². The molecule has 1 aromatic heterocycles. The number of carbonyl (C=O) groups excluding carboxylic acids is 1. The maximum absolute atomic E-state index is 13.6. The second-order valence-corrected chi connectivity index (χ2v) is 7.18. The van der Waals surface area contributed by atoms with Gasteiger partial charge in [-0.2, -0.15) is 0 Å². The molecular weight excluding hydrogens is 387 g/mol. The lowest BCUT2D eigenvalue weighted by atomic mass is 10.1. The lowest BCUT2D eigenvalue weighted by Gasteiger charge is -2.09. The van der Waals surface area contributed by atoms with E-state index < -0.39 is 5.82 Å². The van der Waals surface area contributed by atoms with Crippen LogP contribution < -0.4 is 5.32 Å². The third-order valence-corrected chi connectivity index (χ3v) is 5.32. The Labute approximate surface area is 166 Å². The molecule has 0 saturated heterocycles. The van der Waals surface area contributed by atoms with Gasteiger partial charge < -0.3 is 9.88 Å². The van der Waals surface area contributed by atoms with Crippen LogP contribution in [0.1, 0.15) is 12.5 Å². The molecule has 1 N–H and O–H groups in total. The zero-order valence-electron chi connectivity index (χ0n) is 14.9. The van der Waals surface area contributed by atoms with Crippen molar-refractivity contribution in [2.75, 3.05) is 11.1 Å². The number of aryl methyl sites for hydroxylation is 1. The van der Waals surface area contributed by atoms with Crippen LogP contribution in [0.25, 0.3) is 11.4 Å². The molecule has 0 aliphatic heterocycles. The Morgan fingerprint density at radius 3 is 2.74 bits per heavy atom. The molecule has 0 unspecified atom stereocenters. The van der Waals surface area contributed by atoms with E-state index in [1.807, 2.05) is 36.6 Å². The van der Waals surface area contributed by atoms with Crippen LogP contribution in [0.4, 0.5) is 10.1 Å². The molecule has 3 aromatic rings. The zero-order valence-corrected chi connectivity index (χ0v) is 16.4. The van der Waals surface area contributed by atoms with Gasteiger partial charge in [-0.15, -0.1) is 10.2 Å². The number of hydrogen-bond donors (Lipinski definition) is 1. The minimum Gasteiger partial charge on any atom is -0.323 e. The standard InChI is InChI=1S/C19H18ClFN4OS/c1-3-25-18(13-9-8-12(2)14(20)10-13)23-24-19(25)27-11-17(26)22-16-7-5-4-6-15(16)21/h4-10H,3,11H2,1-2H3,(H,22,26). The van der Waals surface area contributed by atoms with Crippen LogP contribution in [0.5, 0.6) is 0 Å². The third kappa shape index (κ3) is 4.48. The maximum atomic E-state index is 13.6. The van der Waals surface area contributed by atoms with E-state index in [0.29, 0.717) is 22.5 Å². The molecule has 0 bridgehead atoms. The van der Waals surface area contributed by atoms with E-state index in [4.69, 9.17) is 11.6 Å². The van der Waals surface area contributed by atoms with Gasteiger partial charge in [-0.05, 0) is 37.6 Å². The molecule has 1 heterocycles. The average molecular weight is 405 g/mol. The van der Waals surface area contributed by atoms with Gasteiger partial charge in [0.2, 0.25) is 5.91 Å². The first-order valence-electron chi connectivity index (χ1n) is 8.36. The minimum absolute atomic E-state index is 0.0983. The largest absolute Gasteiger partial charge is 0.323 e. The zero-order chi connectivity index (χ0) is 19.4. The number of halogens is 2. The first-order chi connectivity index (χ1) is 13.0. The first kappa shape index (κ1) is 19.4. The van der Waals surface area contributed by atoms with E-state index in [9.17, 15) is 9.18 Å². The Kier molecular flexibility index (Phi) is 6.13. The summed E-state index contributed by atoms with van der Waals surface area (Å²) in [5, 5.41) is 12.3. The highest BCUT2D eigenvalue weighted by molar-refractivity contribution is 7.99. The molecule has 0 saturated carbocycles. The Balaban J connectivity index is 1.72. The van der Waals surface area contributed by atoms with Crippen molar-refractivity contribution in [2.24, 2.45) is 0 Å². The Morgan fingerprint density at radius 1 is 1.26 bits per heavy atom. The van der Waals surface area contributed by atoms with Gasteiger partial charge in [0.15, 0.2) is 11.0 Å². The minimum atomic E-state index is -0.467. The topological polar surface area (TPSA) is 59.8 Å². The smallest absolute Gasteiger partial charge is 0.234 e. The van der Waals surface area contributed by atoms with E-state index in [1.54, 1.807) is 12.1 Å². The van der Waals surface area contributed by atoms with Crippen molar-refractivity contribution in [3.8, 4) is 11.4 Å². The molecule has 0 radical (unpaired) electrons. The summed E-state index contributed by atoms with van der Waals surface area (Å²) in [6.07, 6.45) is 0. The van der Waals surface area contributed by atoms with E-state index in [0.717, 1.165) is 11.1 Å². The second-order valence-electron chi connectivity index (χ2n) is 5.83. The van der Waals surface area contributed by atoms with Crippen LogP contribution in [-0.4, -0.2) is 26.4 Å². The van der Waals surface area contributed by atoms with Crippen LogP contribution >= 0.6 is 23.4 Å². The number of amides is 1. The SMILES string of the molecule is CCn1c(SCC(=O)Nc2ccccc2F)nnc1-c1ccc(C)c(Cl)c1. The first-order valence-corrected chi connectivity index (χ1v) is 9.73. The molecule has 0 atom stereocenters. The fraction of sp³-hybridized carbons (Fsp3) is 0.211. The summed E-state index contributed by atoms with van der Waals surface area (Å²) >= 11 is 7.46. The van der Waals surface area contributed by atoms with Crippen molar-refractivity contribution in [1.29, 1.82) is 0 Å². The summed E-state index contributed by atoms with van der Waals surface area (Å²) in [5.74, 6) is 0.0133. The van der Waals surface area contributed by atoms with Crippen molar-refractivity contribution >= 4 is 35.0 Å². The third-order valence-electron chi connectivity index (χ3n) is 3.94. The quantitative estimate of drug-likeness (QED) is 0.599. The van der Waals surface area contributed by atoms with Gasteiger partial charge in [-0.3, -0.25) is 4.79 Å². The van der Waals surface area contributed by atoms with Gasteiger partial charge in [-0.25, -0.2) is 4.39 Å². The number of para-hydroxylation sites is 1. The summed E-state index contributed by atoms with van der Waals surface area (Å²) in [6, 6.07) is 11.8. The lowest BCUT2D eigenvalue weighted by Crippen LogP contribution is -2.15. The van der Waals surface area contributed by atoms with Crippen LogP contribution in [-0.2, 0) is 11.3 Å². The predicted molar refractivity (Wildman–Crippen MR) is 107 cm³/mol. The van der Waals surface area contributed by atoms with Gasteiger partial charge in [0.1, 0.15) is 5.82 Å². The van der Waals surface area contributed by atoms with Gasteiger partial charge in [-0.1, -0.05) is 47.6 Å². The van der Waals surface area contributed by atoms with Crippen molar-refractivity contribution < 1.29 is 9.18 Å². The Morgan fingerprint density at radius 2 is 2.04 bits per heavy atom. The summed E-state index contributed by atoms with van der Waals surface area (Å²) in [4.78, 5) is 12.1. The maximum Gasteiger partial charge on any atom is 0.234 e. The van der Waals surface area contributed by atoms with Crippen molar-refractivity contribution in [3.63, 3.8) is 0 Å². The number of nitrogens with one attached hydrogen (secondary N) is 1. The monoisotopic (exact) mass is 404 g/mol. The van der Waals surface area contributed by atoms with Crippen LogP contribution in [0.3, 0.4) is 0 Å². The fourth-order valence-corrected chi connectivity index (χ4v) is 3.49. The molecule has 0 spiro atoms. The average Bonchev–Trinajstić information content (AvgIpc) is 3.07. The normalized spacial score (nSPS) is 10.8. The molecular formula is C19H18ClFN4OS. The Hall–Kier alpha value is -2.38. The number of benzene rings is 2. The number of hydrogen-bond acceptors (Lipinski definition) is 4. The molecule has 2 aromatic carbocycles. The van der Waals surface area contributed by atoms with Gasteiger partial charge in [0.25, 0.3) is 0 Å². The van der Waals surface area contributed by atoms with E-state index in [1.165, 1.54) is 23.9 Å². The number of thioether (sulfide) groups is 1. The summed E-state index contributed by atoms with van der Waals surface area (Å²) in [5.41, 5.74) is 2.01. The van der Waals surface area contributed by atoms with E-state index >= 15 is 0 Å². The van der Waals surface area contributed by atoms with Crippen molar-refractivity contribution in [2.45, 2.75) is 25.5 Å². The highest BCUT2D eigenvalue weighted by atomic mass is 35.5. The predicted octanol–water partition coefficient (Wildman–Crippen LogP) is 4.80. The number of rotatable bonds is 6. The molecule has 0 aliphatic rings. The van der Waals surface area contributed by atoms with Gasteiger partial charge in [0.05, 0.1) is 11.4 Å². The summed E-state index contributed by atoms with van der Waals surface area (Å²) in [6.45, 7) is 4.56. The van der Waals surface area contributed by atoms with Crippen molar-refractivity contribution in [3.05, 3.63) is 58.9 Å². The molecule has 5 nitrogen and oxygen atoms in total. The van der Waals surface area contributed by atoms with Crippen molar-refractivity contribution in [1.82, 2.24) is 14.8 Å². The molecule has 140 valence electrons.